The standard InChI is InChI=1S/C11H16N4O/c1-8(10-12-7-13-15-10)14-11(16)9-5-3-2-4-6-9/h2-3,7-9H,4-6H2,1H3,(H,14,16)(H,12,13,15). The molecule has 2 rings (SSSR count). The van der Waals surface area contributed by atoms with Crippen molar-refractivity contribution in [2.24, 2.45) is 5.92 Å². The molecular weight excluding hydrogens is 204 g/mol. The van der Waals surface area contributed by atoms with E-state index >= 15 is 0 Å². The Bertz CT molecular complexity index is 371. The molecule has 1 aliphatic carbocycles. The van der Waals surface area contributed by atoms with Crippen LogP contribution in [-0.4, -0.2) is 21.1 Å². The smallest absolute Gasteiger partial charge is 0.224 e. The van der Waals surface area contributed by atoms with Crippen LogP contribution in [0.2, 0.25) is 0 Å². The zero-order valence-electron chi connectivity index (χ0n) is 9.31. The molecule has 5 nitrogen and oxygen atoms in total. The maximum absolute atomic E-state index is 11.9. The van der Waals surface area contributed by atoms with Crippen LogP contribution in [0.1, 0.15) is 38.1 Å². The van der Waals surface area contributed by atoms with Crippen LogP contribution < -0.4 is 5.32 Å². The molecule has 1 amide bonds. The molecule has 2 unspecified atom stereocenters. The van der Waals surface area contributed by atoms with Gasteiger partial charge in [0.25, 0.3) is 0 Å². The van der Waals surface area contributed by atoms with E-state index in [1.807, 2.05) is 6.92 Å². The van der Waals surface area contributed by atoms with Gasteiger partial charge in [-0.2, -0.15) is 5.10 Å². The number of hydrogen-bond acceptors (Lipinski definition) is 3. The highest BCUT2D eigenvalue weighted by molar-refractivity contribution is 5.79. The Balaban J connectivity index is 1.89. The van der Waals surface area contributed by atoms with Crippen molar-refractivity contribution < 1.29 is 4.79 Å². The highest BCUT2D eigenvalue weighted by Gasteiger charge is 2.21. The highest BCUT2D eigenvalue weighted by Crippen LogP contribution is 2.19. The number of aromatic amines is 1. The van der Waals surface area contributed by atoms with Crippen molar-refractivity contribution >= 4 is 5.91 Å². The van der Waals surface area contributed by atoms with Crippen LogP contribution in [0.4, 0.5) is 0 Å². The molecule has 0 saturated carbocycles. The Morgan fingerprint density at radius 3 is 3.12 bits per heavy atom. The summed E-state index contributed by atoms with van der Waals surface area (Å²) in [5.74, 6) is 0.906. The molecule has 0 aliphatic heterocycles. The van der Waals surface area contributed by atoms with Gasteiger partial charge in [-0.15, -0.1) is 0 Å². The van der Waals surface area contributed by atoms with Crippen molar-refractivity contribution in [2.45, 2.75) is 32.2 Å². The summed E-state index contributed by atoms with van der Waals surface area (Å²) in [5, 5.41) is 9.47. The van der Waals surface area contributed by atoms with Crippen molar-refractivity contribution in [3.05, 3.63) is 24.3 Å². The molecular formula is C11H16N4O. The summed E-state index contributed by atoms with van der Waals surface area (Å²) in [6.45, 7) is 1.90. The number of aromatic nitrogens is 3. The third-order valence-corrected chi connectivity index (χ3v) is 2.84. The van der Waals surface area contributed by atoms with E-state index in [-0.39, 0.29) is 17.9 Å². The Morgan fingerprint density at radius 2 is 2.50 bits per heavy atom. The van der Waals surface area contributed by atoms with Gasteiger partial charge in [0.05, 0.1) is 6.04 Å². The minimum absolute atomic E-state index is 0.105. The zero-order valence-corrected chi connectivity index (χ0v) is 9.31. The molecule has 0 radical (unpaired) electrons. The third kappa shape index (κ3) is 2.48. The Kier molecular flexibility index (Phi) is 3.34. The molecule has 16 heavy (non-hydrogen) atoms. The van der Waals surface area contributed by atoms with Gasteiger partial charge in [0.15, 0.2) is 0 Å². The van der Waals surface area contributed by atoms with E-state index in [0.717, 1.165) is 19.3 Å². The SMILES string of the molecule is CC(NC(=O)C1CC=CCC1)c1ncn[nH]1. The first kappa shape index (κ1) is 10.9. The number of carbonyl (C=O) groups is 1. The van der Waals surface area contributed by atoms with E-state index in [0.29, 0.717) is 5.82 Å². The number of nitrogens with zero attached hydrogens (tertiary/aromatic N) is 2. The number of amides is 1. The molecule has 2 atom stereocenters. The molecule has 1 aromatic heterocycles. The average molecular weight is 220 g/mol. The second-order valence-corrected chi connectivity index (χ2v) is 4.08. The van der Waals surface area contributed by atoms with E-state index in [2.05, 4.69) is 32.7 Å². The highest BCUT2D eigenvalue weighted by atomic mass is 16.1. The van der Waals surface area contributed by atoms with E-state index in [4.69, 9.17) is 0 Å². The van der Waals surface area contributed by atoms with Crippen molar-refractivity contribution in [2.75, 3.05) is 0 Å². The molecule has 0 saturated heterocycles. The van der Waals surface area contributed by atoms with Crippen molar-refractivity contribution in [1.82, 2.24) is 20.5 Å². The molecule has 1 heterocycles. The Hall–Kier alpha value is -1.65. The molecule has 2 N–H and O–H groups in total. The van der Waals surface area contributed by atoms with Gasteiger partial charge in [-0.05, 0) is 26.2 Å². The number of rotatable bonds is 3. The lowest BCUT2D eigenvalue weighted by Gasteiger charge is -2.19. The summed E-state index contributed by atoms with van der Waals surface area (Å²) >= 11 is 0. The average Bonchev–Trinajstić information content (AvgIpc) is 2.83. The van der Waals surface area contributed by atoms with E-state index in [1.165, 1.54) is 6.33 Å². The van der Waals surface area contributed by atoms with Gasteiger partial charge in [-0.25, -0.2) is 4.98 Å². The zero-order chi connectivity index (χ0) is 11.4. The first-order chi connectivity index (χ1) is 7.77. The fourth-order valence-electron chi connectivity index (χ4n) is 1.85. The van der Waals surface area contributed by atoms with Crippen LogP contribution in [0, 0.1) is 5.92 Å². The fourth-order valence-corrected chi connectivity index (χ4v) is 1.85. The van der Waals surface area contributed by atoms with Gasteiger partial charge in [0.2, 0.25) is 5.91 Å². The topological polar surface area (TPSA) is 70.7 Å². The molecule has 0 aromatic carbocycles. The van der Waals surface area contributed by atoms with Crippen LogP contribution in [0.5, 0.6) is 0 Å². The lowest BCUT2D eigenvalue weighted by atomic mass is 9.93. The normalized spacial score (nSPS) is 21.7. The van der Waals surface area contributed by atoms with Gasteiger partial charge in [0, 0.05) is 5.92 Å². The quantitative estimate of drug-likeness (QED) is 0.755. The second kappa shape index (κ2) is 4.92. The first-order valence-corrected chi connectivity index (χ1v) is 5.58. The summed E-state index contributed by atoms with van der Waals surface area (Å²) in [7, 11) is 0. The third-order valence-electron chi connectivity index (χ3n) is 2.84. The minimum Gasteiger partial charge on any atom is -0.346 e. The molecule has 86 valence electrons. The fraction of sp³-hybridized carbons (Fsp3) is 0.545. The van der Waals surface area contributed by atoms with Gasteiger partial charge < -0.3 is 5.32 Å². The van der Waals surface area contributed by atoms with Crippen LogP contribution in [-0.2, 0) is 4.79 Å². The molecule has 0 spiro atoms. The largest absolute Gasteiger partial charge is 0.346 e. The van der Waals surface area contributed by atoms with E-state index in [1.54, 1.807) is 0 Å². The second-order valence-electron chi connectivity index (χ2n) is 4.08. The molecule has 0 fully saturated rings. The van der Waals surface area contributed by atoms with Crippen molar-refractivity contribution in [1.29, 1.82) is 0 Å². The van der Waals surface area contributed by atoms with Crippen LogP contribution >= 0.6 is 0 Å². The van der Waals surface area contributed by atoms with Gasteiger partial charge in [-0.1, -0.05) is 12.2 Å². The predicted octanol–water partition coefficient (Wildman–Crippen LogP) is 1.34. The van der Waals surface area contributed by atoms with Crippen molar-refractivity contribution in [3.8, 4) is 0 Å². The Morgan fingerprint density at radius 1 is 1.62 bits per heavy atom. The maximum atomic E-state index is 11.9. The van der Waals surface area contributed by atoms with Gasteiger partial charge >= 0.3 is 0 Å². The monoisotopic (exact) mass is 220 g/mol. The molecule has 1 aliphatic rings. The lowest BCUT2D eigenvalue weighted by Crippen LogP contribution is -2.33. The summed E-state index contributed by atoms with van der Waals surface area (Å²) in [6.07, 6.45) is 8.42. The molecule has 1 aromatic rings. The van der Waals surface area contributed by atoms with Crippen LogP contribution in [0.15, 0.2) is 18.5 Å². The number of carbonyl (C=O) groups excluding carboxylic acids is 1. The van der Waals surface area contributed by atoms with Crippen LogP contribution in [0.25, 0.3) is 0 Å². The number of H-pyrrole nitrogens is 1. The van der Waals surface area contributed by atoms with E-state index < -0.39 is 0 Å². The van der Waals surface area contributed by atoms with Crippen LogP contribution in [0.3, 0.4) is 0 Å². The number of nitrogens with one attached hydrogen (secondary N) is 2. The minimum atomic E-state index is -0.110. The lowest BCUT2D eigenvalue weighted by molar-refractivity contribution is -0.125. The predicted molar refractivity (Wildman–Crippen MR) is 59.4 cm³/mol. The van der Waals surface area contributed by atoms with Gasteiger partial charge in [-0.3, -0.25) is 9.89 Å². The maximum Gasteiger partial charge on any atom is 0.224 e. The summed E-state index contributed by atoms with van der Waals surface area (Å²) < 4.78 is 0. The summed E-state index contributed by atoms with van der Waals surface area (Å²) in [4.78, 5) is 15.9. The number of hydrogen-bond donors (Lipinski definition) is 2. The Labute approximate surface area is 94.3 Å². The number of allylic oxidation sites excluding steroid dienone is 2. The van der Waals surface area contributed by atoms with Crippen molar-refractivity contribution in [3.63, 3.8) is 0 Å². The van der Waals surface area contributed by atoms with E-state index in [9.17, 15) is 4.79 Å². The first-order valence-electron chi connectivity index (χ1n) is 5.58. The summed E-state index contributed by atoms with van der Waals surface area (Å²) in [6, 6.07) is -0.110. The summed E-state index contributed by atoms with van der Waals surface area (Å²) in [5.41, 5.74) is 0. The molecule has 5 heteroatoms. The van der Waals surface area contributed by atoms with Gasteiger partial charge in [0.1, 0.15) is 12.2 Å². The molecule has 0 bridgehead atoms.